The molecule has 0 radical (unpaired) electrons. The molecule has 0 bridgehead atoms. The van der Waals surface area contributed by atoms with E-state index in [1.807, 2.05) is 6.07 Å². The zero-order valence-corrected chi connectivity index (χ0v) is 19.5. The van der Waals surface area contributed by atoms with Crippen molar-refractivity contribution < 1.29 is 14.2 Å². The summed E-state index contributed by atoms with van der Waals surface area (Å²) in [6, 6.07) is 14.5. The number of thioether (sulfide) groups is 1. The van der Waals surface area contributed by atoms with Gasteiger partial charge in [-0.2, -0.15) is 0 Å². The van der Waals surface area contributed by atoms with E-state index in [1.165, 1.54) is 17.7 Å². The molecule has 4 rings (SSSR count). The van der Waals surface area contributed by atoms with Crippen molar-refractivity contribution in [2.75, 3.05) is 26.2 Å². The van der Waals surface area contributed by atoms with Crippen molar-refractivity contribution in [3.05, 3.63) is 59.9 Å². The Morgan fingerprint density at radius 2 is 1.84 bits per heavy atom. The summed E-state index contributed by atoms with van der Waals surface area (Å²) in [4.78, 5) is 7.01. The number of piperidine rings is 1. The van der Waals surface area contributed by atoms with Crippen LogP contribution in [-0.4, -0.2) is 53.6 Å². The number of nitrogens with zero attached hydrogens (tertiary/aromatic N) is 2. The number of amidine groups is 1. The zero-order chi connectivity index (χ0) is 20.1. The van der Waals surface area contributed by atoms with E-state index in [9.17, 15) is 9.50 Å². The van der Waals surface area contributed by atoms with Crippen LogP contribution in [-0.2, 0) is 5.75 Å². The van der Waals surface area contributed by atoms with Crippen molar-refractivity contribution in [2.24, 2.45) is 4.99 Å². The number of benzene rings is 2. The first-order chi connectivity index (χ1) is 14.2. The first kappa shape index (κ1) is 25.7. The summed E-state index contributed by atoms with van der Waals surface area (Å²) in [6.07, 6.45) is 1.47. The fourth-order valence-electron chi connectivity index (χ4n) is 3.61. The number of likely N-dealkylation sites (tertiary alicyclic amines) is 1. The van der Waals surface area contributed by atoms with E-state index >= 15 is 0 Å². The molecule has 0 aliphatic carbocycles. The lowest BCUT2D eigenvalue weighted by atomic mass is 10.1. The van der Waals surface area contributed by atoms with Crippen molar-refractivity contribution in [3.8, 4) is 5.75 Å². The Hall–Kier alpha value is -1.51. The fourth-order valence-corrected chi connectivity index (χ4v) is 4.56. The van der Waals surface area contributed by atoms with Crippen LogP contribution in [0.2, 0.25) is 0 Å². The number of hydrogen-bond donors (Lipinski definition) is 2. The van der Waals surface area contributed by atoms with E-state index in [1.54, 1.807) is 23.9 Å². The number of fused-ring (bicyclic) bond motifs is 1. The Morgan fingerprint density at radius 1 is 1.13 bits per heavy atom. The lowest BCUT2D eigenvalue weighted by molar-refractivity contribution is 0.0588. The number of nitrogens with one attached hydrogen (secondary N) is 1. The molecule has 2 aliphatic heterocycles. The first-order valence-corrected chi connectivity index (χ1v) is 11.0. The number of aliphatic hydroxyl groups excluding tert-OH is 1. The summed E-state index contributed by atoms with van der Waals surface area (Å²) < 4.78 is 18.5. The summed E-state index contributed by atoms with van der Waals surface area (Å²) >= 11 is 1.76. The number of halogens is 3. The Morgan fingerprint density at radius 3 is 2.58 bits per heavy atom. The Bertz CT molecular complexity index is 849. The lowest BCUT2D eigenvalue weighted by Crippen LogP contribution is -2.46. The third-order valence-electron chi connectivity index (χ3n) is 5.22. The maximum absolute atomic E-state index is 12.9. The Kier molecular flexibility index (Phi) is 10.4. The van der Waals surface area contributed by atoms with Gasteiger partial charge in [-0.1, -0.05) is 30.0 Å². The van der Waals surface area contributed by atoms with Gasteiger partial charge in [0.25, 0.3) is 0 Å². The molecule has 1 fully saturated rings. The smallest absolute Gasteiger partial charge is 0.162 e. The Balaban J connectivity index is 0.00000171. The van der Waals surface area contributed by atoms with Crippen molar-refractivity contribution in [2.45, 2.75) is 30.7 Å². The van der Waals surface area contributed by atoms with Crippen LogP contribution in [0.25, 0.3) is 0 Å². The molecule has 1 atom stereocenters. The monoisotopic (exact) mass is 487 g/mol. The third-order valence-corrected chi connectivity index (χ3v) is 6.16. The van der Waals surface area contributed by atoms with Crippen molar-refractivity contribution in [3.63, 3.8) is 0 Å². The highest BCUT2D eigenvalue weighted by atomic mass is 35.5. The number of aliphatic imine (C=N–C) groups is 1. The normalized spacial score (nSPS) is 17.4. The molecule has 2 aromatic rings. The van der Waals surface area contributed by atoms with Crippen LogP contribution in [0.15, 0.2) is 53.5 Å². The minimum Gasteiger partial charge on any atom is -0.491 e. The third kappa shape index (κ3) is 7.54. The Labute approximate surface area is 199 Å². The second kappa shape index (κ2) is 12.5. The van der Waals surface area contributed by atoms with E-state index in [4.69, 9.17) is 9.73 Å². The predicted molar refractivity (Wildman–Crippen MR) is 130 cm³/mol. The van der Waals surface area contributed by atoms with Crippen LogP contribution in [0, 0.1) is 5.82 Å². The summed E-state index contributed by atoms with van der Waals surface area (Å²) in [6.45, 7) is 2.65. The predicted octanol–water partition coefficient (Wildman–Crippen LogP) is 4.40. The lowest BCUT2D eigenvalue weighted by Gasteiger charge is -2.34. The molecular formula is C22H28Cl2FN3O2S. The topological polar surface area (TPSA) is 57.1 Å². The molecule has 0 aromatic heterocycles. The van der Waals surface area contributed by atoms with Crippen LogP contribution in [0.5, 0.6) is 5.75 Å². The highest BCUT2D eigenvalue weighted by Gasteiger charge is 2.23. The van der Waals surface area contributed by atoms with E-state index in [0.29, 0.717) is 18.3 Å². The van der Waals surface area contributed by atoms with Gasteiger partial charge in [0.05, 0.1) is 5.69 Å². The molecule has 2 aliphatic rings. The second-order valence-electron chi connectivity index (χ2n) is 7.47. The molecule has 0 saturated carbocycles. The first-order valence-electron chi connectivity index (χ1n) is 10.0. The molecule has 31 heavy (non-hydrogen) atoms. The molecule has 0 spiro atoms. The maximum atomic E-state index is 12.9. The number of hydrogen-bond acceptors (Lipinski definition) is 6. The molecule has 2 aromatic carbocycles. The van der Waals surface area contributed by atoms with Gasteiger partial charge in [0.15, 0.2) is 5.17 Å². The van der Waals surface area contributed by atoms with Crippen LogP contribution < -0.4 is 10.1 Å². The van der Waals surface area contributed by atoms with E-state index in [2.05, 4.69) is 28.4 Å². The second-order valence-corrected chi connectivity index (χ2v) is 8.44. The number of aliphatic hydroxyl groups is 1. The molecule has 2 N–H and O–H groups in total. The van der Waals surface area contributed by atoms with Crippen LogP contribution in [0.1, 0.15) is 18.4 Å². The van der Waals surface area contributed by atoms with Crippen LogP contribution in [0.4, 0.5) is 10.1 Å². The van der Waals surface area contributed by atoms with Gasteiger partial charge in [0, 0.05) is 31.4 Å². The molecule has 9 heteroatoms. The van der Waals surface area contributed by atoms with Gasteiger partial charge in [0.2, 0.25) is 0 Å². The molecule has 1 unspecified atom stereocenters. The number of para-hydroxylation sites is 1. The van der Waals surface area contributed by atoms with Gasteiger partial charge in [-0.05, 0) is 48.7 Å². The van der Waals surface area contributed by atoms with E-state index in [-0.39, 0.29) is 37.2 Å². The molecular weight excluding hydrogens is 460 g/mol. The zero-order valence-electron chi connectivity index (χ0n) is 17.1. The van der Waals surface area contributed by atoms with Crippen molar-refractivity contribution in [1.29, 1.82) is 0 Å². The fraction of sp³-hybridized carbons (Fsp3) is 0.409. The SMILES string of the molecule is Cl.Cl.OC(COc1ccc(F)cc1)CN1CCC(NC2=Nc3ccccc3CS2)CC1. The van der Waals surface area contributed by atoms with Gasteiger partial charge < -0.3 is 20.1 Å². The highest BCUT2D eigenvalue weighted by molar-refractivity contribution is 8.13. The summed E-state index contributed by atoms with van der Waals surface area (Å²) in [5.74, 6) is 1.23. The average molecular weight is 488 g/mol. The van der Waals surface area contributed by atoms with Gasteiger partial charge in [-0.25, -0.2) is 9.38 Å². The maximum Gasteiger partial charge on any atom is 0.162 e. The van der Waals surface area contributed by atoms with Crippen LogP contribution >= 0.6 is 36.6 Å². The van der Waals surface area contributed by atoms with Gasteiger partial charge >= 0.3 is 0 Å². The summed E-state index contributed by atoms with van der Waals surface area (Å²) in [7, 11) is 0. The van der Waals surface area contributed by atoms with Gasteiger partial charge in [0.1, 0.15) is 24.3 Å². The minimum atomic E-state index is -0.570. The summed E-state index contributed by atoms with van der Waals surface area (Å²) in [5.41, 5.74) is 2.35. The molecule has 1 saturated heterocycles. The van der Waals surface area contributed by atoms with E-state index in [0.717, 1.165) is 42.5 Å². The minimum absolute atomic E-state index is 0. The highest BCUT2D eigenvalue weighted by Crippen LogP contribution is 2.30. The average Bonchev–Trinajstić information content (AvgIpc) is 2.75. The molecule has 0 amide bonds. The van der Waals surface area contributed by atoms with E-state index < -0.39 is 6.10 Å². The van der Waals surface area contributed by atoms with Crippen LogP contribution in [0.3, 0.4) is 0 Å². The number of rotatable bonds is 6. The molecule has 170 valence electrons. The standard InChI is InChI=1S/C22H26FN3O2S.2ClH/c23-17-5-7-20(8-6-17)28-14-19(27)13-26-11-9-18(10-12-26)24-22-25-21-4-2-1-3-16(21)15-29-22;;/h1-8,18-19,27H,9-15H2,(H,24,25);2*1H. The number of β-amino-alcohol motifs (C(OH)–C–C–N with tert-alkyl or cyclic N) is 1. The van der Waals surface area contributed by atoms with Gasteiger partial charge in [-0.15, -0.1) is 24.8 Å². The van der Waals surface area contributed by atoms with Gasteiger partial charge in [-0.3, -0.25) is 0 Å². The summed E-state index contributed by atoms with van der Waals surface area (Å²) in [5, 5.41) is 14.9. The largest absolute Gasteiger partial charge is 0.491 e. The van der Waals surface area contributed by atoms with Crippen molar-refractivity contribution >= 4 is 47.4 Å². The molecule has 2 heterocycles. The van der Waals surface area contributed by atoms with Crippen molar-refractivity contribution in [1.82, 2.24) is 10.2 Å². The number of ether oxygens (including phenoxy) is 1. The quantitative estimate of drug-likeness (QED) is 0.632. The molecule has 5 nitrogen and oxygen atoms in total.